The highest BCUT2D eigenvalue weighted by molar-refractivity contribution is 5.94. The summed E-state index contributed by atoms with van der Waals surface area (Å²) in [5.74, 6) is 2.42. The van der Waals surface area contributed by atoms with Crippen LogP contribution in [0.3, 0.4) is 0 Å². The van der Waals surface area contributed by atoms with Crippen LogP contribution in [0.25, 0.3) is 0 Å². The van der Waals surface area contributed by atoms with Crippen LogP contribution in [0.1, 0.15) is 17.3 Å². The number of ether oxygens (including phenoxy) is 2. The Morgan fingerprint density at radius 2 is 1.74 bits per heavy atom. The predicted octanol–water partition coefficient (Wildman–Crippen LogP) is 4.18. The number of aromatic nitrogens is 2. The van der Waals surface area contributed by atoms with Gasteiger partial charge in [-0.25, -0.2) is 4.98 Å². The largest absolute Gasteiger partial charge is 0.497 e. The Hall–Kier alpha value is -3.61. The van der Waals surface area contributed by atoms with Gasteiger partial charge in [0.25, 0.3) is 0 Å². The Balaban J connectivity index is 1.78. The molecule has 1 heterocycles. The number of carbonyl (C=O) groups excluding carboxylic acids is 1. The first-order valence-corrected chi connectivity index (χ1v) is 8.29. The summed E-state index contributed by atoms with van der Waals surface area (Å²) in [5, 5.41) is 6.33. The summed E-state index contributed by atoms with van der Waals surface area (Å²) in [4.78, 5) is 20.0. The minimum Gasteiger partial charge on any atom is -0.497 e. The Morgan fingerprint density at radius 1 is 0.963 bits per heavy atom. The molecule has 2 N–H and O–H groups in total. The number of ketones is 1. The lowest BCUT2D eigenvalue weighted by Crippen LogP contribution is -2.02. The van der Waals surface area contributed by atoms with E-state index in [4.69, 9.17) is 9.47 Å². The highest BCUT2D eigenvalue weighted by Crippen LogP contribution is 2.31. The fraction of sp³-hybridized carbons (Fsp3) is 0.150. The van der Waals surface area contributed by atoms with Crippen LogP contribution >= 0.6 is 0 Å². The number of nitrogens with zero attached hydrogens (tertiary/aromatic N) is 2. The van der Waals surface area contributed by atoms with Gasteiger partial charge in [-0.2, -0.15) is 4.98 Å². The highest BCUT2D eigenvalue weighted by Gasteiger charge is 2.07. The second kappa shape index (κ2) is 8.18. The van der Waals surface area contributed by atoms with Gasteiger partial charge in [0.2, 0.25) is 5.95 Å². The third-order valence-corrected chi connectivity index (χ3v) is 3.87. The lowest BCUT2D eigenvalue weighted by atomic mass is 10.1. The third kappa shape index (κ3) is 4.52. The lowest BCUT2D eigenvalue weighted by molar-refractivity contribution is 0.101. The molecule has 1 aromatic heterocycles. The van der Waals surface area contributed by atoms with Crippen LogP contribution in [0, 0.1) is 0 Å². The van der Waals surface area contributed by atoms with Crippen LogP contribution < -0.4 is 20.1 Å². The Kier molecular flexibility index (Phi) is 5.51. The maximum atomic E-state index is 11.4. The van der Waals surface area contributed by atoms with E-state index in [1.165, 1.54) is 6.92 Å². The van der Waals surface area contributed by atoms with E-state index in [9.17, 15) is 4.79 Å². The molecule has 0 amide bonds. The first-order valence-electron chi connectivity index (χ1n) is 8.29. The van der Waals surface area contributed by atoms with Crippen LogP contribution in [0.15, 0.2) is 54.7 Å². The van der Waals surface area contributed by atoms with Gasteiger partial charge in [-0.1, -0.05) is 0 Å². The Morgan fingerprint density at radius 3 is 2.41 bits per heavy atom. The van der Waals surface area contributed by atoms with Crippen molar-refractivity contribution in [2.24, 2.45) is 0 Å². The first-order chi connectivity index (χ1) is 13.1. The molecular weight excluding hydrogens is 344 g/mol. The fourth-order valence-electron chi connectivity index (χ4n) is 2.46. The number of nitrogens with one attached hydrogen (secondary N) is 2. The van der Waals surface area contributed by atoms with Crippen molar-refractivity contribution >= 4 is 28.9 Å². The molecule has 138 valence electrons. The zero-order valence-electron chi connectivity index (χ0n) is 15.3. The quantitative estimate of drug-likeness (QED) is 0.608. The average molecular weight is 364 g/mol. The number of anilines is 4. The second-order valence-electron chi connectivity index (χ2n) is 5.72. The number of carbonyl (C=O) groups is 1. The second-order valence-corrected chi connectivity index (χ2v) is 5.72. The molecule has 27 heavy (non-hydrogen) atoms. The predicted molar refractivity (Wildman–Crippen MR) is 105 cm³/mol. The minimum atomic E-state index is 0.0243. The molecule has 0 unspecified atom stereocenters. The zero-order chi connectivity index (χ0) is 19.2. The van der Waals surface area contributed by atoms with E-state index in [2.05, 4.69) is 20.6 Å². The molecule has 0 fully saturated rings. The molecule has 2 aromatic carbocycles. The molecule has 0 aliphatic rings. The standard InChI is InChI=1S/C20H20N4O3/c1-13(25)14-4-6-15(7-5-14)22-20-21-11-10-19(24-20)23-17-12-16(26-2)8-9-18(17)27-3/h4-12H,1-3H3,(H2,21,22,23,24). The summed E-state index contributed by atoms with van der Waals surface area (Å²) < 4.78 is 10.6. The number of hydrogen-bond acceptors (Lipinski definition) is 7. The van der Waals surface area contributed by atoms with Crippen molar-refractivity contribution in [2.45, 2.75) is 6.92 Å². The molecule has 7 heteroatoms. The van der Waals surface area contributed by atoms with Crippen molar-refractivity contribution in [1.29, 1.82) is 0 Å². The molecule has 0 saturated heterocycles. The first kappa shape index (κ1) is 18.2. The molecule has 3 rings (SSSR count). The number of Topliss-reactive ketones (excluding diaryl/α,β-unsaturated/α-hetero) is 1. The SMILES string of the molecule is COc1ccc(OC)c(Nc2ccnc(Nc3ccc(C(C)=O)cc3)n2)c1. The van der Waals surface area contributed by atoms with E-state index in [0.29, 0.717) is 28.8 Å². The molecule has 0 aliphatic carbocycles. The van der Waals surface area contributed by atoms with Crippen LogP contribution in [0.2, 0.25) is 0 Å². The number of benzene rings is 2. The third-order valence-electron chi connectivity index (χ3n) is 3.87. The summed E-state index contributed by atoms with van der Waals surface area (Å²) >= 11 is 0. The molecule has 0 bridgehead atoms. The molecule has 0 saturated carbocycles. The van der Waals surface area contributed by atoms with Gasteiger partial charge in [0.05, 0.1) is 19.9 Å². The van der Waals surface area contributed by atoms with Gasteiger partial charge < -0.3 is 20.1 Å². The van der Waals surface area contributed by atoms with E-state index in [0.717, 1.165) is 11.4 Å². The van der Waals surface area contributed by atoms with Crippen molar-refractivity contribution in [1.82, 2.24) is 9.97 Å². The number of rotatable bonds is 7. The molecule has 0 spiro atoms. The maximum Gasteiger partial charge on any atom is 0.229 e. The van der Waals surface area contributed by atoms with Crippen molar-refractivity contribution in [2.75, 3.05) is 24.9 Å². The monoisotopic (exact) mass is 364 g/mol. The lowest BCUT2D eigenvalue weighted by Gasteiger charge is -2.13. The van der Waals surface area contributed by atoms with Gasteiger partial charge in [-0.3, -0.25) is 4.79 Å². The summed E-state index contributed by atoms with van der Waals surface area (Å²) in [6.45, 7) is 1.54. The van der Waals surface area contributed by atoms with Crippen molar-refractivity contribution in [3.05, 3.63) is 60.3 Å². The van der Waals surface area contributed by atoms with Crippen molar-refractivity contribution in [3.63, 3.8) is 0 Å². The fourth-order valence-corrected chi connectivity index (χ4v) is 2.46. The van der Waals surface area contributed by atoms with Gasteiger partial charge in [0.15, 0.2) is 5.78 Å². The molecule has 0 aliphatic heterocycles. The van der Waals surface area contributed by atoms with Crippen LogP contribution in [0.5, 0.6) is 11.5 Å². The van der Waals surface area contributed by atoms with Crippen molar-refractivity contribution < 1.29 is 14.3 Å². The van der Waals surface area contributed by atoms with Gasteiger partial charge in [0.1, 0.15) is 17.3 Å². The van der Waals surface area contributed by atoms with E-state index in [-0.39, 0.29) is 5.78 Å². The summed E-state index contributed by atoms with van der Waals surface area (Å²) in [5.41, 5.74) is 2.17. The average Bonchev–Trinajstić information content (AvgIpc) is 2.68. The minimum absolute atomic E-state index is 0.0243. The topological polar surface area (TPSA) is 85.4 Å². The smallest absolute Gasteiger partial charge is 0.229 e. The van der Waals surface area contributed by atoms with Crippen LogP contribution in [-0.4, -0.2) is 30.0 Å². The van der Waals surface area contributed by atoms with Crippen LogP contribution in [-0.2, 0) is 0 Å². The van der Waals surface area contributed by atoms with E-state index in [1.54, 1.807) is 38.6 Å². The van der Waals surface area contributed by atoms with Gasteiger partial charge in [0, 0.05) is 23.5 Å². The molecule has 0 atom stereocenters. The summed E-state index contributed by atoms with van der Waals surface area (Å²) in [7, 11) is 3.21. The van der Waals surface area contributed by atoms with Gasteiger partial charge in [-0.05, 0) is 49.4 Å². The van der Waals surface area contributed by atoms with E-state index < -0.39 is 0 Å². The Bertz CT molecular complexity index is 942. The Labute approximate surface area is 157 Å². The summed E-state index contributed by atoms with van der Waals surface area (Å²) in [6, 6.07) is 14.4. The maximum absolute atomic E-state index is 11.4. The normalized spacial score (nSPS) is 10.2. The highest BCUT2D eigenvalue weighted by atomic mass is 16.5. The zero-order valence-corrected chi connectivity index (χ0v) is 15.3. The van der Waals surface area contributed by atoms with Crippen molar-refractivity contribution in [3.8, 4) is 11.5 Å². The number of methoxy groups -OCH3 is 2. The number of hydrogen-bond donors (Lipinski definition) is 2. The molecule has 3 aromatic rings. The van der Waals surface area contributed by atoms with E-state index >= 15 is 0 Å². The van der Waals surface area contributed by atoms with Gasteiger partial charge in [-0.15, -0.1) is 0 Å². The molecule has 0 radical (unpaired) electrons. The summed E-state index contributed by atoms with van der Waals surface area (Å²) in [6.07, 6.45) is 1.65. The molecular formula is C20H20N4O3. The molecule has 7 nitrogen and oxygen atoms in total. The van der Waals surface area contributed by atoms with E-state index in [1.807, 2.05) is 30.3 Å². The van der Waals surface area contributed by atoms with Gasteiger partial charge >= 0.3 is 0 Å². The van der Waals surface area contributed by atoms with Crippen LogP contribution in [0.4, 0.5) is 23.1 Å².